The molecule has 0 aromatic heterocycles. The van der Waals surface area contributed by atoms with Crippen LogP contribution in [0.5, 0.6) is 0 Å². The zero-order valence-electron chi connectivity index (χ0n) is 10.6. The predicted octanol–water partition coefficient (Wildman–Crippen LogP) is 1.31. The van der Waals surface area contributed by atoms with Crippen LogP contribution in [0.25, 0.3) is 0 Å². The normalized spacial score (nSPS) is 19.6. The van der Waals surface area contributed by atoms with Gasteiger partial charge in [0.2, 0.25) is 5.91 Å². The summed E-state index contributed by atoms with van der Waals surface area (Å²) in [6.45, 7) is 4.48. The van der Waals surface area contributed by atoms with Crippen molar-refractivity contribution in [1.82, 2.24) is 5.32 Å². The first-order valence-electron chi connectivity index (χ1n) is 6.31. The zero-order chi connectivity index (χ0) is 12.8. The molecule has 1 aliphatic carbocycles. The van der Waals surface area contributed by atoms with Crippen molar-refractivity contribution in [3.63, 3.8) is 0 Å². The number of hydrogen-bond acceptors (Lipinski definition) is 3. The summed E-state index contributed by atoms with van der Waals surface area (Å²) in [6.07, 6.45) is 4.90. The van der Waals surface area contributed by atoms with Gasteiger partial charge < -0.3 is 16.3 Å². The van der Waals surface area contributed by atoms with E-state index < -0.39 is 5.92 Å². The van der Waals surface area contributed by atoms with Crippen molar-refractivity contribution in [2.75, 3.05) is 6.54 Å². The standard InChI is InChI=1S/C12H23N3O2/c1-8(2)10(11(13)15-17)12(16)14-7-9-5-3-4-6-9/h8-10,17H,3-7H2,1-2H3,(H2,13,15)(H,14,16). The SMILES string of the molecule is CC(C)C(C(=O)NCC1CCCC1)C(N)=NO. The van der Waals surface area contributed by atoms with Crippen molar-refractivity contribution in [1.29, 1.82) is 0 Å². The van der Waals surface area contributed by atoms with Crippen molar-refractivity contribution < 1.29 is 10.0 Å². The Bertz CT molecular complexity index is 283. The van der Waals surface area contributed by atoms with E-state index in [9.17, 15) is 4.79 Å². The summed E-state index contributed by atoms with van der Waals surface area (Å²) in [7, 11) is 0. The van der Waals surface area contributed by atoms with Crippen LogP contribution in [0.2, 0.25) is 0 Å². The van der Waals surface area contributed by atoms with Crippen molar-refractivity contribution in [2.24, 2.45) is 28.6 Å². The molecule has 0 radical (unpaired) electrons. The van der Waals surface area contributed by atoms with Crippen LogP contribution in [-0.2, 0) is 4.79 Å². The number of nitrogens with one attached hydrogen (secondary N) is 1. The number of nitrogens with two attached hydrogens (primary N) is 1. The molecule has 0 aliphatic heterocycles. The van der Waals surface area contributed by atoms with Gasteiger partial charge in [-0.3, -0.25) is 4.79 Å². The van der Waals surface area contributed by atoms with E-state index in [-0.39, 0.29) is 17.7 Å². The molecule has 1 aliphatic rings. The number of carbonyl (C=O) groups excluding carboxylic acids is 1. The van der Waals surface area contributed by atoms with Gasteiger partial charge in [0.05, 0.1) is 0 Å². The third-order valence-electron chi connectivity index (χ3n) is 3.42. The lowest BCUT2D eigenvalue weighted by atomic mass is 9.93. The minimum Gasteiger partial charge on any atom is -0.409 e. The van der Waals surface area contributed by atoms with Crippen LogP contribution in [0, 0.1) is 17.8 Å². The lowest BCUT2D eigenvalue weighted by Crippen LogP contribution is -2.43. The van der Waals surface area contributed by atoms with E-state index in [1.54, 1.807) is 0 Å². The third-order valence-corrected chi connectivity index (χ3v) is 3.42. The number of nitrogens with zero attached hydrogens (tertiary/aromatic N) is 1. The fraction of sp³-hybridized carbons (Fsp3) is 0.833. The first-order chi connectivity index (χ1) is 8.06. The molecule has 17 heavy (non-hydrogen) atoms. The second-order valence-corrected chi connectivity index (χ2v) is 5.14. The van der Waals surface area contributed by atoms with Gasteiger partial charge in [0.25, 0.3) is 0 Å². The van der Waals surface area contributed by atoms with Gasteiger partial charge in [0.15, 0.2) is 5.84 Å². The lowest BCUT2D eigenvalue weighted by molar-refractivity contribution is -0.124. The Kier molecular flexibility index (Phi) is 5.25. The number of rotatable bonds is 5. The highest BCUT2D eigenvalue weighted by Gasteiger charge is 2.27. The van der Waals surface area contributed by atoms with Crippen molar-refractivity contribution in [3.8, 4) is 0 Å². The maximum atomic E-state index is 12.0. The lowest BCUT2D eigenvalue weighted by Gasteiger charge is -2.20. The Hall–Kier alpha value is -1.26. The maximum Gasteiger partial charge on any atom is 0.231 e. The summed E-state index contributed by atoms with van der Waals surface area (Å²) in [5.74, 6) is -0.0685. The van der Waals surface area contributed by atoms with Gasteiger partial charge in [-0.2, -0.15) is 0 Å². The number of hydrogen-bond donors (Lipinski definition) is 3. The Morgan fingerprint density at radius 3 is 2.53 bits per heavy atom. The van der Waals surface area contributed by atoms with E-state index >= 15 is 0 Å². The summed E-state index contributed by atoms with van der Waals surface area (Å²) < 4.78 is 0. The molecular formula is C12H23N3O2. The van der Waals surface area contributed by atoms with E-state index in [1.165, 1.54) is 25.7 Å². The molecule has 0 spiro atoms. The highest BCUT2D eigenvalue weighted by atomic mass is 16.4. The quantitative estimate of drug-likeness (QED) is 0.293. The van der Waals surface area contributed by atoms with Crippen LogP contribution in [0.4, 0.5) is 0 Å². The maximum absolute atomic E-state index is 12.0. The molecule has 1 unspecified atom stereocenters. The average Bonchev–Trinajstić information content (AvgIpc) is 2.78. The molecule has 0 aromatic carbocycles. The highest BCUT2D eigenvalue weighted by molar-refractivity contribution is 6.02. The Labute approximate surface area is 102 Å². The number of amides is 1. The molecule has 1 fully saturated rings. The molecule has 98 valence electrons. The summed E-state index contributed by atoms with van der Waals surface area (Å²) in [5.41, 5.74) is 5.54. The van der Waals surface area contributed by atoms with Crippen LogP contribution in [0.1, 0.15) is 39.5 Å². The van der Waals surface area contributed by atoms with Crippen LogP contribution in [0.15, 0.2) is 5.16 Å². The highest BCUT2D eigenvalue weighted by Crippen LogP contribution is 2.24. The first-order valence-corrected chi connectivity index (χ1v) is 6.31. The second-order valence-electron chi connectivity index (χ2n) is 5.14. The Morgan fingerprint density at radius 2 is 2.06 bits per heavy atom. The Balaban J connectivity index is 2.47. The van der Waals surface area contributed by atoms with Crippen LogP contribution in [-0.4, -0.2) is 23.5 Å². The number of carbonyl (C=O) groups is 1. The molecule has 0 aromatic rings. The van der Waals surface area contributed by atoms with Crippen molar-refractivity contribution in [3.05, 3.63) is 0 Å². The van der Waals surface area contributed by atoms with Gasteiger partial charge in [0.1, 0.15) is 5.92 Å². The topological polar surface area (TPSA) is 87.7 Å². The zero-order valence-corrected chi connectivity index (χ0v) is 10.6. The number of oxime groups is 1. The van der Waals surface area contributed by atoms with E-state index in [2.05, 4.69) is 10.5 Å². The van der Waals surface area contributed by atoms with Gasteiger partial charge in [-0.15, -0.1) is 0 Å². The molecule has 1 amide bonds. The predicted molar refractivity (Wildman–Crippen MR) is 66.7 cm³/mol. The summed E-state index contributed by atoms with van der Waals surface area (Å²) in [6, 6.07) is 0. The van der Waals surface area contributed by atoms with E-state index in [1.807, 2.05) is 13.8 Å². The summed E-state index contributed by atoms with van der Waals surface area (Å²) in [5, 5.41) is 14.5. The smallest absolute Gasteiger partial charge is 0.231 e. The van der Waals surface area contributed by atoms with Gasteiger partial charge in [0, 0.05) is 6.54 Å². The van der Waals surface area contributed by atoms with E-state index in [0.29, 0.717) is 12.5 Å². The average molecular weight is 241 g/mol. The molecule has 5 heteroatoms. The van der Waals surface area contributed by atoms with Gasteiger partial charge in [-0.05, 0) is 24.7 Å². The fourth-order valence-corrected chi connectivity index (χ4v) is 2.41. The number of amidine groups is 1. The summed E-state index contributed by atoms with van der Waals surface area (Å²) >= 11 is 0. The minimum absolute atomic E-state index is 0.0103. The van der Waals surface area contributed by atoms with Crippen LogP contribution < -0.4 is 11.1 Å². The van der Waals surface area contributed by atoms with E-state index in [0.717, 1.165) is 0 Å². The van der Waals surface area contributed by atoms with Crippen LogP contribution >= 0.6 is 0 Å². The third kappa shape index (κ3) is 3.91. The molecule has 0 heterocycles. The first kappa shape index (κ1) is 13.8. The van der Waals surface area contributed by atoms with Gasteiger partial charge in [-0.25, -0.2) is 0 Å². The minimum atomic E-state index is -0.540. The molecule has 5 nitrogen and oxygen atoms in total. The molecule has 0 bridgehead atoms. The van der Waals surface area contributed by atoms with Crippen molar-refractivity contribution >= 4 is 11.7 Å². The van der Waals surface area contributed by atoms with Crippen LogP contribution in [0.3, 0.4) is 0 Å². The van der Waals surface area contributed by atoms with Crippen molar-refractivity contribution in [2.45, 2.75) is 39.5 Å². The molecule has 1 atom stereocenters. The fourth-order valence-electron chi connectivity index (χ4n) is 2.41. The van der Waals surface area contributed by atoms with Gasteiger partial charge in [-0.1, -0.05) is 31.8 Å². The van der Waals surface area contributed by atoms with E-state index in [4.69, 9.17) is 10.9 Å². The summed E-state index contributed by atoms with van der Waals surface area (Å²) in [4.78, 5) is 12.0. The molecular weight excluding hydrogens is 218 g/mol. The Morgan fingerprint density at radius 1 is 1.47 bits per heavy atom. The second kappa shape index (κ2) is 6.47. The molecule has 0 saturated heterocycles. The molecule has 1 rings (SSSR count). The molecule has 1 saturated carbocycles. The largest absolute Gasteiger partial charge is 0.409 e. The molecule has 4 N–H and O–H groups in total. The van der Waals surface area contributed by atoms with Gasteiger partial charge >= 0.3 is 0 Å². The monoisotopic (exact) mass is 241 g/mol.